The average molecular weight is 300 g/mol. The number of nitrogens with zero attached hydrogens (tertiary/aromatic N) is 2. The topological polar surface area (TPSA) is 93.1 Å². The number of amides is 2. The van der Waals surface area contributed by atoms with Crippen LogP contribution in [-0.4, -0.2) is 28.9 Å². The normalized spacial score (nSPS) is 40.8. The Morgan fingerprint density at radius 2 is 1.59 bits per heavy atom. The Balaban J connectivity index is 1.50. The first-order valence-electron chi connectivity index (χ1n) is 7.35. The number of nitro groups is 1. The van der Waals surface area contributed by atoms with Gasteiger partial charge in [0.2, 0.25) is 11.8 Å². The van der Waals surface area contributed by atoms with Gasteiger partial charge in [0.25, 0.3) is 5.69 Å². The van der Waals surface area contributed by atoms with Crippen LogP contribution in [0, 0.1) is 33.8 Å². The minimum Gasteiger partial charge on any atom is -0.369 e. The standard InChI is InChI=1S/C15H12N2O5/c18-14-10-8-5-9(13-12(8)22-13)11(10)15(19)16(14)6-1-3-7(4-2-6)17(20)21/h1-4,8-13H,5H2/t8-,9-,10-,11-,12-,13+/m1/s1. The highest BCUT2D eigenvalue weighted by molar-refractivity contribution is 6.22. The Labute approximate surface area is 125 Å². The molecule has 1 aromatic rings. The van der Waals surface area contributed by atoms with E-state index in [0.717, 1.165) is 6.42 Å². The Kier molecular flexibility index (Phi) is 2.08. The monoisotopic (exact) mass is 300 g/mol. The van der Waals surface area contributed by atoms with Gasteiger partial charge in [0.05, 0.1) is 34.7 Å². The second kappa shape index (κ2) is 3.73. The van der Waals surface area contributed by atoms with Crippen molar-refractivity contribution in [2.75, 3.05) is 4.90 Å². The fraction of sp³-hybridized carbons (Fsp3) is 0.467. The van der Waals surface area contributed by atoms with E-state index in [1.165, 1.54) is 29.2 Å². The second-order valence-electron chi connectivity index (χ2n) is 6.47. The molecule has 0 unspecified atom stereocenters. The van der Waals surface area contributed by atoms with Crippen molar-refractivity contribution in [1.29, 1.82) is 0 Å². The van der Waals surface area contributed by atoms with E-state index in [1.807, 2.05) is 0 Å². The summed E-state index contributed by atoms with van der Waals surface area (Å²) in [6, 6.07) is 5.57. The van der Waals surface area contributed by atoms with Crippen LogP contribution in [0.3, 0.4) is 0 Å². The van der Waals surface area contributed by atoms with Crippen LogP contribution in [0.5, 0.6) is 0 Å². The van der Waals surface area contributed by atoms with Crippen LogP contribution >= 0.6 is 0 Å². The predicted molar refractivity (Wildman–Crippen MR) is 72.8 cm³/mol. The van der Waals surface area contributed by atoms with Crippen LogP contribution < -0.4 is 4.90 Å². The van der Waals surface area contributed by atoms with E-state index in [4.69, 9.17) is 4.74 Å². The van der Waals surface area contributed by atoms with Gasteiger partial charge in [0.15, 0.2) is 0 Å². The molecule has 2 aliphatic carbocycles. The van der Waals surface area contributed by atoms with E-state index < -0.39 is 4.92 Å². The molecule has 0 radical (unpaired) electrons. The number of fused-ring (bicyclic) bond motifs is 8. The summed E-state index contributed by atoms with van der Waals surface area (Å²) in [5, 5.41) is 10.7. The van der Waals surface area contributed by atoms with Gasteiger partial charge in [-0.05, 0) is 18.6 Å². The highest BCUT2D eigenvalue weighted by Gasteiger charge is 2.73. The second-order valence-corrected chi connectivity index (χ2v) is 6.47. The van der Waals surface area contributed by atoms with Gasteiger partial charge in [-0.1, -0.05) is 0 Å². The number of hydrogen-bond donors (Lipinski definition) is 0. The van der Waals surface area contributed by atoms with Crippen LogP contribution in [0.1, 0.15) is 6.42 Å². The van der Waals surface area contributed by atoms with E-state index in [1.54, 1.807) is 0 Å². The molecule has 112 valence electrons. The molecule has 22 heavy (non-hydrogen) atoms. The number of carbonyl (C=O) groups is 2. The summed E-state index contributed by atoms with van der Waals surface area (Å²) < 4.78 is 5.56. The maximum Gasteiger partial charge on any atom is 0.269 e. The molecule has 7 heteroatoms. The maximum absolute atomic E-state index is 12.7. The smallest absolute Gasteiger partial charge is 0.269 e. The fourth-order valence-corrected chi connectivity index (χ4v) is 4.70. The van der Waals surface area contributed by atoms with Crippen LogP contribution in [0.15, 0.2) is 24.3 Å². The minimum absolute atomic E-state index is 0.0576. The van der Waals surface area contributed by atoms with E-state index in [2.05, 4.69) is 0 Å². The molecule has 0 aromatic heterocycles. The van der Waals surface area contributed by atoms with Crippen molar-refractivity contribution in [1.82, 2.24) is 0 Å². The SMILES string of the molecule is O=C1[C@@H]2[C@H]3C[C@@H]([C@@H]4O[C@H]34)[C@H]2C(=O)N1c1ccc([N+](=O)[O-])cc1. The number of epoxide rings is 1. The molecule has 7 nitrogen and oxygen atoms in total. The summed E-state index contributed by atoms with van der Waals surface area (Å²) >= 11 is 0. The van der Waals surface area contributed by atoms with Crippen LogP contribution in [-0.2, 0) is 14.3 Å². The predicted octanol–water partition coefficient (Wildman–Crippen LogP) is 1.12. The van der Waals surface area contributed by atoms with Crippen LogP contribution in [0.2, 0.25) is 0 Å². The number of nitro benzene ring substituents is 1. The molecule has 0 N–H and O–H groups in total. The van der Waals surface area contributed by atoms with E-state index in [0.29, 0.717) is 5.69 Å². The molecular formula is C15H12N2O5. The third-order valence-electron chi connectivity index (χ3n) is 5.59. The minimum atomic E-state index is -0.503. The lowest BCUT2D eigenvalue weighted by atomic mass is 9.81. The highest BCUT2D eigenvalue weighted by atomic mass is 16.6. The van der Waals surface area contributed by atoms with Crippen molar-refractivity contribution in [3.8, 4) is 0 Å². The van der Waals surface area contributed by atoms with Crippen molar-refractivity contribution in [3.63, 3.8) is 0 Å². The number of imide groups is 1. The first-order chi connectivity index (χ1) is 10.6. The Bertz CT molecular complexity index is 698. The number of anilines is 1. The summed E-state index contributed by atoms with van der Waals surface area (Å²) in [6.45, 7) is 0. The molecule has 0 spiro atoms. The molecule has 4 fully saturated rings. The van der Waals surface area contributed by atoms with Gasteiger partial charge in [0, 0.05) is 24.0 Å². The van der Waals surface area contributed by atoms with E-state index >= 15 is 0 Å². The third kappa shape index (κ3) is 1.30. The Hall–Kier alpha value is -2.28. The lowest BCUT2D eigenvalue weighted by Crippen LogP contribution is -2.33. The van der Waals surface area contributed by atoms with Gasteiger partial charge >= 0.3 is 0 Å². The number of benzene rings is 1. The van der Waals surface area contributed by atoms with Gasteiger partial charge in [0.1, 0.15) is 0 Å². The number of ether oxygens (including phenoxy) is 1. The summed E-state index contributed by atoms with van der Waals surface area (Å²) in [5.74, 6) is -0.553. The largest absolute Gasteiger partial charge is 0.369 e. The summed E-state index contributed by atoms with van der Waals surface area (Å²) in [5.41, 5.74) is 0.363. The summed E-state index contributed by atoms with van der Waals surface area (Å²) in [6.07, 6.45) is 1.25. The molecule has 2 saturated carbocycles. The molecule has 1 aromatic carbocycles. The van der Waals surface area contributed by atoms with Gasteiger partial charge in [-0.15, -0.1) is 0 Å². The van der Waals surface area contributed by atoms with Crippen LogP contribution in [0.4, 0.5) is 11.4 Å². The van der Waals surface area contributed by atoms with Crippen molar-refractivity contribution < 1.29 is 19.2 Å². The zero-order chi connectivity index (χ0) is 15.2. The van der Waals surface area contributed by atoms with Crippen LogP contribution in [0.25, 0.3) is 0 Å². The van der Waals surface area contributed by atoms with Crippen molar-refractivity contribution >= 4 is 23.2 Å². The molecule has 2 saturated heterocycles. The first kappa shape index (κ1) is 12.3. The average Bonchev–Trinajstić information content (AvgIpc) is 3.02. The molecular weight excluding hydrogens is 288 g/mol. The molecule has 2 heterocycles. The molecule has 2 amide bonds. The quantitative estimate of drug-likeness (QED) is 0.353. The number of carbonyl (C=O) groups excluding carboxylic acids is 2. The van der Waals surface area contributed by atoms with Gasteiger partial charge in [-0.25, -0.2) is 0 Å². The van der Waals surface area contributed by atoms with E-state index in [-0.39, 0.29) is 53.4 Å². The third-order valence-corrected chi connectivity index (χ3v) is 5.59. The van der Waals surface area contributed by atoms with Gasteiger partial charge in [-0.2, -0.15) is 0 Å². The molecule has 6 atom stereocenters. The maximum atomic E-state index is 12.7. The Morgan fingerprint density at radius 1 is 1.05 bits per heavy atom. The zero-order valence-electron chi connectivity index (χ0n) is 11.4. The summed E-state index contributed by atoms with van der Waals surface area (Å²) in [7, 11) is 0. The Morgan fingerprint density at radius 3 is 2.09 bits per heavy atom. The zero-order valence-corrected chi connectivity index (χ0v) is 11.4. The number of non-ortho nitro benzene ring substituents is 1. The van der Waals surface area contributed by atoms with Crippen molar-refractivity contribution in [3.05, 3.63) is 34.4 Å². The lowest BCUT2D eigenvalue weighted by Gasteiger charge is -2.17. The van der Waals surface area contributed by atoms with E-state index in [9.17, 15) is 19.7 Å². The van der Waals surface area contributed by atoms with Crippen molar-refractivity contribution in [2.45, 2.75) is 18.6 Å². The number of rotatable bonds is 2. The molecule has 4 aliphatic rings. The number of hydrogen-bond acceptors (Lipinski definition) is 5. The van der Waals surface area contributed by atoms with Gasteiger partial charge in [-0.3, -0.25) is 24.6 Å². The molecule has 2 bridgehead atoms. The van der Waals surface area contributed by atoms with Gasteiger partial charge < -0.3 is 4.74 Å². The highest BCUT2D eigenvalue weighted by Crippen LogP contribution is 2.64. The summed E-state index contributed by atoms with van der Waals surface area (Å²) in [4.78, 5) is 36.8. The fourth-order valence-electron chi connectivity index (χ4n) is 4.70. The molecule has 2 aliphatic heterocycles. The lowest BCUT2D eigenvalue weighted by molar-refractivity contribution is -0.384. The first-order valence-corrected chi connectivity index (χ1v) is 7.35. The van der Waals surface area contributed by atoms with Crippen molar-refractivity contribution in [2.24, 2.45) is 23.7 Å². The molecule has 5 rings (SSSR count).